The fourth-order valence-corrected chi connectivity index (χ4v) is 2.24. The first-order valence-corrected chi connectivity index (χ1v) is 7.23. The van der Waals surface area contributed by atoms with Crippen LogP contribution in [0.1, 0.15) is 5.56 Å². The topological polar surface area (TPSA) is 72.1 Å². The summed E-state index contributed by atoms with van der Waals surface area (Å²) >= 11 is 0. The molecule has 0 atom stereocenters. The van der Waals surface area contributed by atoms with Gasteiger partial charge in [-0.05, 0) is 6.07 Å². The molecule has 21 heavy (non-hydrogen) atoms. The summed E-state index contributed by atoms with van der Waals surface area (Å²) in [4.78, 5) is 6.71. The number of morpholine rings is 1. The van der Waals surface area contributed by atoms with Gasteiger partial charge in [0.05, 0.1) is 26.4 Å². The Morgan fingerprint density at radius 1 is 1.38 bits per heavy atom. The average molecular weight is 292 g/mol. The average Bonchev–Trinajstić information content (AvgIpc) is 2.50. The summed E-state index contributed by atoms with van der Waals surface area (Å²) in [6.07, 6.45) is 0. The maximum absolute atomic E-state index is 5.94. The largest absolute Gasteiger partial charge is 0.380 e. The molecule has 1 aromatic carbocycles. The highest BCUT2D eigenvalue weighted by Crippen LogP contribution is 2.15. The van der Waals surface area contributed by atoms with Crippen molar-refractivity contribution in [2.24, 2.45) is 10.7 Å². The lowest BCUT2D eigenvalue weighted by Gasteiger charge is -2.25. The third-order valence-electron chi connectivity index (χ3n) is 3.38. The molecular formula is C15H24N4O2. The van der Waals surface area contributed by atoms with Crippen molar-refractivity contribution >= 4 is 11.6 Å². The Bertz CT molecular complexity index is 459. The summed E-state index contributed by atoms with van der Waals surface area (Å²) in [6, 6.07) is 7.92. The van der Waals surface area contributed by atoms with Gasteiger partial charge in [-0.1, -0.05) is 18.2 Å². The number of hydrogen-bond donors (Lipinski definition) is 2. The van der Waals surface area contributed by atoms with Crippen LogP contribution in [0, 0.1) is 0 Å². The van der Waals surface area contributed by atoms with E-state index in [4.69, 9.17) is 15.2 Å². The minimum atomic E-state index is 0.437. The third-order valence-corrected chi connectivity index (χ3v) is 3.38. The van der Waals surface area contributed by atoms with Gasteiger partial charge >= 0.3 is 0 Å². The fourth-order valence-electron chi connectivity index (χ4n) is 2.24. The fraction of sp³-hybridized carbons (Fsp3) is 0.533. The van der Waals surface area contributed by atoms with Crippen LogP contribution in [0.2, 0.25) is 0 Å². The van der Waals surface area contributed by atoms with E-state index in [0.29, 0.717) is 19.1 Å². The van der Waals surface area contributed by atoms with E-state index >= 15 is 0 Å². The van der Waals surface area contributed by atoms with Crippen LogP contribution >= 0.6 is 0 Å². The quantitative estimate of drug-likeness (QED) is 0.602. The van der Waals surface area contributed by atoms with Gasteiger partial charge in [-0.3, -0.25) is 9.89 Å². The zero-order chi connectivity index (χ0) is 14.9. The summed E-state index contributed by atoms with van der Waals surface area (Å²) in [5.41, 5.74) is 7.94. The number of anilines is 1. The van der Waals surface area contributed by atoms with Gasteiger partial charge in [0.15, 0.2) is 5.96 Å². The zero-order valence-electron chi connectivity index (χ0n) is 12.5. The van der Waals surface area contributed by atoms with Crippen LogP contribution in [0.3, 0.4) is 0 Å². The van der Waals surface area contributed by atoms with Crippen molar-refractivity contribution in [1.29, 1.82) is 0 Å². The molecule has 6 heteroatoms. The molecule has 3 N–H and O–H groups in total. The number of para-hydroxylation sites is 1. The molecule has 0 unspecified atom stereocenters. The highest BCUT2D eigenvalue weighted by molar-refractivity contribution is 5.92. The number of nitrogens with two attached hydrogens (primary N) is 1. The van der Waals surface area contributed by atoms with E-state index in [9.17, 15) is 0 Å². The molecule has 1 saturated heterocycles. The molecule has 1 aliphatic rings. The van der Waals surface area contributed by atoms with Crippen molar-refractivity contribution < 1.29 is 9.47 Å². The van der Waals surface area contributed by atoms with E-state index in [2.05, 4.69) is 15.2 Å². The zero-order valence-corrected chi connectivity index (χ0v) is 12.5. The molecule has 2 rings (SSSR count). The van der Waals surface area contributed by atoms with E-state index in [1.807, 2.05) is 24.3 Å². The molecule has 0 spiro atoms. The van der Waals surface area contributed by atoms with Crippen LogP contribution in [-0.4, -0.2) is 57.4 Å². The summed E-state index contributed by atoms with van der Waals surface area (Å²) in [7, 11) is 1.68. The van der Waals surface area contributed by atoms with Gasteiger partial charge in [0.25, 0.3) is 0 Å². The Kier molecular flexibility index (Phi) is 6.46. The second-order valence-electron chi connectivity index (χ2n) is 4.94. The minimum absolute atomic E-state index is 0.437. The Balaban J connectivity index is 1.82. The molecule has 1 heterocycles. The predicted molar refractivity (Wildman–Crippen MR) is 84.5 cm³/mol. The van der Waals surface area contributed by atoms with Crippen molar-refractivity contribution in [3.63, 3.8) is 0 Å². The van der Waals surface area contributed by atoms with E-state index in [1.165, 1.54) is 0 Å². The number of rotatable bonds is 6. The summed E-state index contributed by atoms with van der Waals surface area (Å²) < 4.78 is 10.5. The first-order valence-electron chi connectivity index (χ1n) is 7.23. The molecule has 6 nitrogen and oxygen atoms in total. The van der Waals surface area contributed by atoms with Gasteiger partial charge in [0.2, 0.25) is 0 Å². The Hall–Kier alpha value is -1.63. The predicted octanol–water partition coefficient (Wildman–Crippen LogP) is 0.892. The van der Waals surface area contributed by atoms with Crippen molar-refractivity contribution in [3.05, 3.63) is 29.8 Å². The molecule has 1 aliphatic heterocycles. The molecule has 0 radical (unpaired) electrons. The lowest BCUT2D eigenvalue weighted by molar-refractivity contribution is 0.0394. The van der Waals surface area contributed by atoms with Gasteiger partial charge in [0.1, 0.15) is 0 Å². The number of benzene rings is 1. The van der Waals surface area contributed by atoms with E-state index in [1.54, 1.807) is 7.11 Å². The van der Waals surface area contributed by atoms with Gasteiger partial charge in [-0.25, -0.2) is 0 Å². The third kappa shape index (κ3) is 5.34. The smallest absolute Gasteiger partial charge is 0.193 e. The van der Waals surface area contributed by atoms with Crippen LogP contribution < -0.4 is 11.1 Å². The van der Waals surface area contributed by atoms with Crippen LogP contribution in [-0.2, 0) is 16.1 Å². The molecule has 0 aliphatic carbocycles. The summed E-state index contributed by atoms with van der Waals surface area (Å²) in [5.74, 6) is 0.437. The molecule has 1 aromatic rings. The van der Waals surface area contributed by atoms with Crippen molar-refractivity contribution in [1.82, 2.24) is 4.90 Å². The first-order chi connectivity index (χ1) is 10.3. The lowest BCUT2D eigenvalue weighted by atomic mass is 10.2. The summed E-state index contributed by atoms with van der Waals surface area (Å²) in [6.45, 7) is 5.70. The van der Waals surface area contributed by atoms with Gasteiger partial charge < -0.3 is 20.5 Å². The Labute approximate surface area is 125 Å². The van der Waals surface area contributed by atoms with E-state index < -0.39 is 0 Å². The Morgan fingerprint density at radius 3 is 2.90 bits per heavy atom. The van der Waals surface area contributed by atoms with E-state index in [0.717, 1.165) is 44.1 Å². The molecule has 0 amide bonds. The van der Waals surface area contributed by atoms with Crippen LogP contribution in [0.5, 0.6) is 0 Å². The maximum atomic E-state index is 5.94. The van der Waals surface area contributed by atoms with Gasteiger partial charge in [-0.2, -0.15) is 0 Å². The monoisotopic (exact) mass is 292 g/mol. The number of hydrogen-bond acceptors (Lipinski definition) is 4. The minimum Gasteiger partial charge on any atom is -0.380 e. The highest BCUT2D eigenvalue weighted by Gasteiger charge is 2.09. The lowest BCUT2D eigenvalue weighted by Crippen LogP contribution is -2.38. The van der Waals surface area contributed by atoms with Crippen LogP contribution in [0.15, 0.2) is 29.3 Å². The Morgan fingerprint density at radius 2 is 2.14 bits per heavy atom. The number of nitrogens with zero attached hydrogens (tertiary/aromatic N) is 2. The molecule has 1 fully saturated rings. The van der Waals surface area contributed by atoms with Crippen molar-refractivity contribution in [2.75, 3.05) is 51.8 Å². The molecule has 0 saturated carbocycles. The standard InChI is InChI=1S/C15H24N4O2/c1-20-12-13-4-2-3-5-14(13)18-15(16)17-6-7-19-8-10-21-11-9-19/h2-5H,6-12H2,1H3,(H3,16,17,18). The normalized spacial score (nSPS) is 16.9. The second kappa shape index (κ2) is 8.61. The second-order valence-corrected chi connectivity index (χ2v) is 4.94. The van der Waals surface area contributed by atoms with Crippen molar-refractivity contribution in [2.45, 2.75) is 6.61 Å². The van der Waals surface area contributed by atoms with Gasteiger partial charge in [0, 0.05) is 38.0 Å². The SMILES string of the molecule is COCc1ccccc1NC(N)=NCCN1CCOCC1. The summed E-state index contributed by atoms with van der Waals surface area (Å²) in [5, 5.41) is 3.14. The molecule has 0 aromatic heterocycles. The number of nitrogens with one attached hydrogen (secondary N) is 1. The molecular weight excluding hydrogens is 268 g/mol. The van der Waals surface area contributed by atoms with Gasteiger partial charge in [-0.15, -0.1) is 0 Å². The maximum Gasteiger partial charge on any atom is 0.193 e. The van der Waals surface area contributed by atoms with Crippen molar-refractivity contribution in [3.8, 4) is 0 Å². The number of methoxy groups -OCH3 is 1. The molecule has 116 valence electrons. The number of ether oxygens (including phenoxy) is 2. The van der Waals surface area contributed by atoms with Crippen LogP contribution in [0.4, 0.5) is 5.69 Å². The van der Waals surface area contributed by atoms with Crippen LogP contribution in [0.25, 0.3) is 0 Å². The first kappa shape index (κ1) is 15.8. The van der Waals surface area contributed by atoms with E-state index in [-0.39, 0.29) is 0 Å². The number of guanidine groups is 1. The highest BCUT2D eigenvalue weighted by atomic mass is 16.5. The number of aliphatic imine (C=N–C) groups is 1. The molecule has 0 bridgehead atoms.